The molecule has 0 fully saturated rings. The Morgan fingerprint density at radius 2 is 1.72 bits per heavy atom. The third-order valence-electron chi connectivity index (χ3n) is 7.06. The van der Waals surface area contributed by atoms with Crippen molar-refractivity contribution in [2.45, 2.75) is 65.3 Å². The summed E-state index contributed by atoms with van der Waals surface area (Å²) < 4.78 is 11.8. The Morgan fingerprint density at radius 1 is 1.03 bits per heavy atom. The van der Waals surface area contributed by atoms with E-state index in [1.165, 1.54) is 0 Å². The van der Waals surface area contributed by atoms with E-state index in [2.05, 4.69) is 13.8 Å². The van der Waals surface area contributed by atoms with Gasteiger partial charge in [-0.15, -0.1) is 0 Å². The maximum absolute atomic E-state index is 13.6. The first-order chi connectivity index (χ1) is 17.5. The molecule has 0 bridgehead atoms. The minimum Gasteiger partial charge on any atom is -0.496 e. The number of rotatable bonds is 6. The average molecular weight is 495 g/mol. The molecule has 36 heavy (non-hydrogen) atoms. The van der Waals surface area contributed by atoms with Gasteiger partial charge in [-0.25, -0.2) is 0 Å². The lowest BCUT2D eigenvalue weighted by Gasteiger charge is -2.35. The highest BCUT2D eigenvalue weighted by molar-refractivity contribution is 5.96. The third kappa shape index (κ3) is 7.25. The van der Waals surface area contributed by atoms with Crippen LogP contribution in [0.3, 0.4) is 0 Å². The van der Waals surface area contributed by atoms with Crippen molar-refractivity contribution in [1.29, 1.82) is 0 Å². The second-order valence-electron chi connectivity index (χ2n) is 9.82. The van der Waals surface area contributed by atoms with E-state index in [1.54, 1.807) is 7.11 Å². The maximum atomic E-state index is 13.6. The molecule has 2 amide bonds. The van der Waals surface area contributed by atoms with Gasteiger partial charge < -0.3 is 19.3 Å². The smallest absolute Gasteiger partial charge is 0.257 e. The monoisotopic (exact) mass is 494 g/mol. The SMILES string of the molecule is CCN1CCCCCCN(C(=O)CCc2ccccc2OC)[C@@H](C(C)C)COc2ccccc2C1=O. The molecule has 6 nitrogen and oxygen atoms in total. The van der Waals surface area contributed by atoms with Crippen LogP contribution in [0.1, 0.15) is 68.8 Å². The first kappa shape index (κ1) is 27.6. The minimum absolute atomic E-state index is 0.0102. The van der Waals surface area contributed by atoms with Gasteiger partial charge in [-0.2, -0.15) is 0 Å². The Morgan fingerprint density at radius 3 is 2.44 bits per heavy atom. The number of hydrogen-bond acceptors (Lipinski definition) is 4. The second kappa shape index (κ2) is 13.9. The fourth-order valence-corrected chi connectivity index (χ4v) is 4.87. The van der Waals surface area contributed by atoms with Crippen LogP contribution in [0.4, 0.5) is 0 Å². The molecular weight excluding hydrogens is 452 g/mol. The molecule has 6 heteroatoms. The van der Waals surface area contributed by atoms with Crippen LogP contribution in [-0.4, -0.2) is 61.0 Å². The van der Waals surface area contributed by atoms with E-state index in [-0.39, 0.29) is 23.8 Å². The van der Waals surface area contributed by atoms with Crippen molar-refractivity contribution in [3.8, 4) is 11.5 Å². The molecule has 3 rings (SSSR count). The van der Waals surface area contributed by atoms with E-state index < -0.39 is 0 Å². The maximum Gasteiger partial charge on any atom is 0.257 e. The van der Waals surface area contributed by atoms with Crippen LogP contribution in [0.2, 0.25) is 0 Å². The number of aryl methyl sites for hydroxylation is 1. The number of benzene rings is 2. The second-order valence-corrected chi connectivity index (χ2v) is 9.82. The molecule has 0 unspecified atom stereocenters. The van der Waals surface area contributed by atoms with Crippen molar-refractivity contribution in [3.63, 3.8) is 0 Å². The molecule has 1 atom stereocenters. The van der Waals surface area contributed by atoms with Gasteiger partial charge in [0.15, 0.2) is 0 Å². The molecule has 0 radical (unpaired) electrons. The molecule has 0 N–H and O–H groups in total. The molecule has 1 aliphatic rings. The van der Waals surface area contributed by atoms with Crippen molar-refractivity contribution in [2.24, 2.45) is 5.92 Å². The molecule has 2 aromatic carbocycles. The van der Waals surface area contributed by atoms with Crippen LogP contribution < -0.4 is 9.47 Å². The minimum atomic E-state index is -0.0801. The number of ether oxygens (including phenoxy) is 2. The van der Waals surface area contributed by atoms with Gasteiger partial charge in [0.25, 0.3) is 5.91 Å². The Bertz CT molecular complexity index is 990. The van der Waals surface area contributed by atoms with Gasteiger partial charge in [0, 0.05) is 26.1 Å². The van der Waals surface area contributed by atoms with E-state index in [1.807, 2.05) is 65.3 Å². The summed E-state index contributed by atoms with van der Waals surface area (Å²) in [4.78, 5) is 30.8. The van der Waals surface area contributed by atoms with Crippen LogP contribution in [0.15, 0.2) is 48.5 Å². The van der Waals surface area contributed by atoms with E-state index in [0.29, 0.717) is 37.3 Å². The van der Waals surface area contributed by atoms with E-state index in [4.69, 9.17) is 9.47 Å². The first-order valence-corrected chi connectivity index (χ1v) is 13.4. The quantitative estimate of drug-likeness (QED) is 0.525. The van der Waals surface area contributed by atoms with E-state index >= 15 is 0 Å². The summed E-state index contributed by atoms with van der Waals surface area (Å²) in [7, 11) is 1.66. The van der Waals surface area contributed by atoms with E-state index in [0.717, 1.165) is 50.1 Å². The molecular formula is C30H42N2O4. The number of fused-ring (bicyclic) bond motifs is 1. The molecule has 0 aliphatic carbocycles. The highest BCUT2D eigenvalue weighted by Gasteiger charge is 2.28. The molecule has 1 heterocycles. The Kier molecular flexibility index (Phi) is 10.6. The topological polar surface area (TPSA) is 59.1 Å². The molecule has 0 spiro atoms. The zero-order valence-electron chi connectivity index (χ0n) is 22.4. The predicted octanol–water partition coefficient (Wildman–Crippen LogP) is 5.60. The lowest BCUT2D eigenvalue weighted by atomic mass is 10.0. The van der Waals surface area contributed by atoms with Crippen LogP contribution in [0, 0.1) is 5.92 Å². The van der Waals surface area contributed by atoms with Crippen LogP contribution in [0.25, 0.3) is 0 Å². The fourth-order valence-electron chi connectivity index (χ4n) is 4.87. The lowest BCUT2D eigenvalue weighted by Crippen LogP contribution is -2.47. The highest BCUT2D eigenvalue weighted by atomic mass is 16.5. The van der Waals surface area contributed by atoms with Crippen molar-refractivity contribution >= 4 is 11.8 Å². The number of hydrogen-bond donors (Lipinski definition) is 0. The number of para-hydroxylation sites is 2. The normalized spacial score (nSPS) is 17.8. The summed E-state index contributed by atoms with van der Waals surface area (Å²) in [6.45, 7) is 8.77. The summed E-state index contributed by atoms with van der Waals surface area (Å²) >= 11 is 0. The fraction of sp³-hybridized carbons (Fsp3) is 0.533. The molecule has 0 aromatic heterocycles. The largest absolute Gasteiger partial charge is 0.496 e. The zero-order valence-corrected chi connectivity index (χ0v) is 22.4. The molecule has 0 saturated heterocycles. The van der Waals surface area contributed by atoms with Crippen LogP contribution in [-0.2, 0) is 11.2 Å². The molecule has 0 saturated carbocycles. The van der Waals surface area contributed by atoms with Gasteiger partial charge in [0.05, 0.1) is 18.7 Å². The van der Waals surface area contributed by atoms with Gasteiger partial charge in [-0.1, -0.05) is 57.0 Å². The molecule has 1 aliphatic heterocycles. The van der Waals surface area contributed by atoms with Gasteiger partial charge in [-0.3, -0.25) is 9.59 Å². The molecule has 2 aromatic rings. The van der Waals surface area contributed by atoms with Crippen molar-refractivity contribution in [3.05, 3.63) is 59.7 Å². The predicted molar refractivity (Wildman–Crippen MR) is 144 cm³/mol. The Hall–Kier alpha value is -3.02. The van der Waals surface area contributed by atoms with Crippen molar-refractivity contribution in [1.82, 2.24) is 9.80 Å². The number of nitrogens with zero attached hydrogens (tertiary/aromatic N) is 2. The summed E-state index contributed by atoms with van der Waals surface area (Å²) in [5.74, 6) is 1.76. The van der Waals surface area contributed by atoms with Crippen LogP contribution >= 0.6 is 0 Å². The van der Waals surface area contributed by atoms with Gasteiger partial charge in [0.2, 0.25) is 5.91 Å². The number of carbonyl (C=O) groups is 2. The number of amides is 2. The van der Waals surface area contributed by atoms with Crippen LogP contribution in [0.5, 0.6) is 11.5 Å². The van der Waals surface area contributed by atoms with Crippen molar-refractivity contribution < 1.29 is 19.1 Å². The number of methoxy groups -OCH3 is 1. The van der Waals surface area contributed by atoms with Gasteiger partial charge in [0.1, 0.15) is 18.1 Å². The Balaban J connectivity index is 1.82. The standard InChI is InChI=1S/C30H42N2O4/c1-5-31-20-12-6-7-13-21-32(29(33)19-18-24-14-8-10-16-27(24)35-4)26(23(2)3)22-36-28-17-11-9-15-25(28)30(31)34/h8-11,14-17,23,26H,5-7,12-13,18-22H2,1-4H3/t26-/m1/s1. The molecule has 196 valence electrons. The van der Waals surface area contributed by atoms with Gasteiger partial charge >= 0.3 is 0 Å². The third-order valence-corrected chi connectivity index (χ3v) is 7.06. The van der Waals surface area contributed by atoms with E-state index in [9.17, 15) is 9.59 Å². The number of carbonyl (C=O) groups excluding carboxylic acids is 2. The zero-order chi connectivity index (χ0) is 25.9. The summed E-state index contributed by atoms with van der Waals surface area (Å²) in [6, 6.07) is 15.3. The van der Waals surface area contributed by atoms with Gasteiger partial charge in [-0.05, 0) is 55.9 Å². The lowest BCUT2D eigenvalue weighted by molar-refractivity contribution is -0.135. The summed E-state index contributed by atoms with van der Waals surface area (Å²) in [5.41, 5.74) is 1.63. The first-order valence-electron chi connectivity index (χ1n) is 13.4. The average Bonchev–Trinajstić information content (AvgIpc) is 2.89. The highest BCUT2D eigenvalue weighted by Crippen LogP contribution is 2.24. The summed E-state index contributed by atoms with van der Waals surface area (Å²) in [6.07, 6.45) is 5.03. The summed E-state index contributed by atoms with van der Waals surface area (Å²) in [5, 5.41) is 0. The van der Waals surface area contributed by atoms with Crippen molar-refractivity contribution in [2.75, 3.05) is 33.4 Å². The Labute approximate surface area is 216 Å².